The van der Waals surface area contributed by atoms with E-state index in [1.165, 1.54) is 50.5 Å². The van der Waals surface area contributed by atoms with E-state index in [1.807, 2.05) is 98.8 Å². The summed E-state index contributed by atoms with van der Waals surface area (Å²) in [5.41, 5.74) is 16.0. The van der Waals surface area contributed by atoms with Crippen LogP contribution in [0.15, 0.2) is 134 Å². The Kier molecular flexibility index (Phi) is 19.1. The lowest BCUT2D eigenvalue weighted by Gasteiger charge is -2.26. The molecule has 6 rings (SSSR count). The van der Waals surface area contributed by atoms with Gasteiger partial charge in [0.1, 0.15) is 30.1 Å². The lowest BCUT2D eigenvalue weighted by molar-refractivity contribution is -0.154. The normalized spacial score (nSPS) is 13.0. The van der Waals surface area contributed by atoms with Crippen LogP contribution in [-0.2, 0) is 28.6 Å². The predicted octanol–water partition coefficient (Wildman–Crippen LogP) is 7.78. The molecule has 0 aliphatic carbocycles. The molecule has 71 heavy (non-hydrogen) atoms. The molecule has 17 heteroatoms. The Balaban J connectivity index is 0.000000267. The molecule has 0 saturated carbocycles. The fraction of sp³-hybridized carbons (Fsp3) is 0.278. The molecule has 5 atom stereocenters. The van der Waals surface area contributed by atoms with Crippen molar-refractivity contribution < 1.29 is 52.4 Å². The SMILES string of the molecule is CC(C)C(=O)OCOc1c(N)ccnc1C(=O)N[C@@H](C)C(=O)OC(C)C(c1ccccc1)c1ccccc1.Cc1ccc(C(c2ccc(F)cc2)C(C)OC(=O)[C@H](C)NC(=O)c2nccc(N)c2O)cc1. The van der Waals surface area contributed by atoms with Gasteiger partial charge in [-0.1, -0.05) is 116 Å². The van der Waals surface area contributed by atoms with Crippen LogP contribution >= 0.6 is 0 Å². The number of halogens is 1. The van der Waals surface area contributed by atoms with Crippen molar-refractivity contribution >= 4 is 41.1 Å². The molecule has 2 aromatic heterocycles. The summed E-state index contributed by atoms with van der Waals surface area (Å²) in [6.07, 6.45) is 1.48. The van der Waals surface area contributed by atoms with Crippen molar-refractivity contribution in [2.24, 2.45) is 5.92 Å². The van der Waals surface area contributed by atoms with Crippen molar-refractivity contribution in [3.63, 3.8) is 0 Å². The maximum atomic E-state index is 13.5. The summed E-state index contributed by atoms with van der Waals surface area (Å²) < 4.78 is 35.4. The number of nitrogens with zero attached hydrogens (tertiary/aromatic N) is 2. The first-order chi connectivity index (χ1) is 33.9. The van der Waals surface area contributed by atoms with Crippen molar-refractivity contribution in [3.05, 3.63) is 179 Å². The summed E-state index contributed by atoms with van der Waals surface area (Å²) in [5, 5.41) is 15.0. The Labute approximate surface area is 411 Å². The van der Waals surface area contributed by atoms with Gasteiger partial charge < -0.3 is 46.2 Å². The number of hydrogen-bond acceptors (Lipinski definition) is 14. The second-order valence-corrected chi connectivity index (χ2v) is 17.0. The number of carbonyl (C=O) groups is 5. The van der Waals surface area contributed by atoms with Gasteiger partial charge in [0.2, 0.25) is 6.79 Å². The first-order valence-corrected chi connectivity index (χ1v) is 22.8. The highest BCUT2D eigenvalue weighted by Gasteiger charge is 2.30. The van der Waals surface area contributed by atoms with Crippen LogP contribution in [0.2, 0.25) is 0 Å². The molecule has 0 fully saturated rings. The van der Waals surface area contributed by atoms with E-state index in [-0.39, 0.29) is 52.1 Å². The maximum absolute atomic E-state index is 13.5. The van der Waals surface area contributed by atoms with Gasteiger partial charge in [-0.25, -0.2) is 23.9 Å². The van der Waals surface area contributed by atoms with Crippen molar-refractivity contribution in [2.45, 2.75) is 84.6 Å². The molecule has 0 radical (unpaired) electrons. The number of nitrogen functional groups attached to an aromatic ring is 2. The van der Waals surface area contributed by atoms with Crippen molar-refractivity contribution in [1.82, 2.24) is 20.6 Å². The highest BCUT2D eigenvalue weighted by atomic mass is 19.1. The van der Waals surface area contributed by atoms with E-state index in [4.69, 9.17) is 30.4 Å². The lowest BCUT2D eigenvalue weighted by atomic mass is 9.87. The number of nitrogens with one attached hydrogen (secondary N) is 2. The third-order valence-electron chi connectivity index (χ3n) is 11.1. The highest BCUT2D eigenvalue weighted by molar-refractivity contribution is 5.99. The number of pyridine rings is 2. The van der Waals surface area contributed by atoms with Gasteiger partial charge in [0.25, 0.3) is 11.8 Å². The van der Waals surface area contributed by atoms with E-state index >= 15 is 0 Å². The van der Waals surface area contributed by atoms with Crippen LogP contribution in [0.25, 0.3) is 0 Å². The highest BCUT2D eigenvalue weighted by Crippen LogP contribution is 2.32. The second kappa shape index (κ2) is 25.3. The Morgan fingerprint density at radius 3 is 1.48 bits per heavy atom. The van der Waals surface area contributed by atoms with E-state index in [0.29, 0.717) is 0 Å². The molecule has 2 heterocycles. The Morgan fingerprint density at radius 1 is 0.577 bits per heavy atom. The van der Waals surface area contributed by atoms with Gasteiger partial charge in [-0.15, -0.1) is 0 Å². The summed E-state index contributed by atoms with van der Waals surface area (Å²) in [5.74, 6) is -4.96. The molecule has 0 aliphatic rings. The van der Waals surface area contributed by atoms with Gasteiger partial charge in [0.05, 0.1) is 17.3 Å². The van der Waals surface area contributed by atoms with Gasteiger partial charge in [-0.2, -0.15) is 0 Å². The van der Waals surface area contributed by atoms with Crippen LogP contribution in [0.3, 0.4) is 0 Å². The topological polar surface area (TPSA) is 244 Å². The third kappa shape index (κ3) is 14.8. The molecule has 372 valence electrons. The number of benzene rings is 4. The van der Waals surface area contributed by atoms with Crippen LogP contribution in [0.4, 0.5) is 15.8 Å². The standard InChI is InChI=1S/C29H33N3O6.C25H26FN3O4/c1-18(2)28(34)37-17-36-26-23(30)15-16-31-25(26)27(33)32-19(3)29(35)38-20(4)24(21-11-7-5-8-12-21)22-13-9-6-10-14-22;1-14-4-6-17(7-5-14)21(18-8-10-19(26)11-9-18)16(3)33-25(32)15(2)29-24(31)22-23(30)20(27)12-13-28-22/h5-16,18-20,24H,17H2,1-4H3,(H2,30,31)(H,32,33);4-13,15-16,21,30H,1-3H3,(H2,27,28)(H,29,31)/t19-,20?;15-,16?,21?/m00/s1. The van der Waals surface area contributed by atoms with Crippen LogP contribution in [-0.4, -0.2) is 75.9 Å². The van der Waals surface area contributed by atoms with Crippen molar-refractivity contribution in [3.8, 4) is 11.5 Å². The molecule has 16 nitrogen and oxygen atoms in total. The number of esters is 3. The van der Waals surface area contributed by atoms with Crippen molar-refractivity contribution in [2.75, 3.05) is 18.3 Å². The van der Waals surface area contributed by atoms with Crippen molar-refractivity contribution in [1.29, 1.82) is 0 Å². The first kappa shape index (κ1) is 53.6. The predicted molar refractivity (Wildman–Crippen MR) is 265 cm³/mol. The number of rotatable bonds is 18. The molecule has 0 spiro atoms. The van der Waals surface area contributed by atoms with Gasteiger partial charge in [0, 0.05) is 24.2 Å². The first-order valence-electron chi connectivity index (χ1n) is 22.8. The molecule has 2 amide bonds. The number of aryl methyl sites for hydroxylation is 1. The Hall–Kier alpha value is -8.34. The summed E-state index contributed by atoms with van der Waals surface area (Å²) in [6.45, 7) is 11.4. The van der Waals surface area contributed by atoms with Gasteiger partial charge in [0.15, 0.2) is 22.9 Å². The summed E-state index contributed by atoms with van der Waals surface area (Å²) in [4.78, 5) is 70.7. The molecular weight excluding hydrogens is 912 g/mol. The zero-order valence-corrected chi connectivity index (χ0v) is 40.5. The van der Waals surface area contributed by atoms with E-state index in [0.717, 1.165) is 27.8 Å². The molecule has 6 aromatic rings. The Bertz CT molecular complexity index is 2660. The molecule has 3 unspecified atom stereocenters. The summed E-state index contributed by atoms with van der Waals surface area (Å²) in [7, 11) is 0. The largest absolute Gasteiger partial charge is 0.504 e. The lowest BCUT2D eigenvalue weighted by Crippen LogP contribution is -2.41. The number of carbonyl (C=O) groups excluding carboxylic acids is 5. The Morgan fingerprint density at radius 2 is 1.00 bits per heavy atom. The number of hydrogen-bond donors (Lipinski definition) is 5. The summed E-state index contributed by atoms with van der Waals surface area (Å²) in [6, 6.07) is 34.1. The van der Waals surface area contributed by atoms with E-state index in [9.17, 15) is 33.5 Å². The molecule has 0 aliphatic heterocycles. The zero-order chi connectivity index (χ0) is 51.8. The van der Waals surface area contributed by atoms with Gasteiger partial charge >= 0.3 is 17.9 Å². The average Bonchev–Trinajstić information content (AvgIpc) is 3.34. The smallest absolute Gasteiger partial charge is 0.328 e. The number of nitrogens with two attached hydrogens (primary N) is 2. The zero-order valence-electron chi connectivity index (χ0n) is 40.5. The molecule has 0 bridgehead atoms. The molecule has 0 saturated heterocycles. The second-order valence-electron chi connectivity index (χ2n) is 17.0. The third-order valence-corrected chi connectivity index (χ3v) is 11.1. The summed E-state index contributed by atoms with van der Waals surface area (Å²) >= 11 is 0. The van der Waals surface area contributed by atoms with Gasteiger partial charge in [-0.05, 0) is 81.1 Å². The number of ether oxygens (including phenoxy) is 4. The average molecular weight is 971 g/mol. The maximum Gasteiger partial charge on any atom is 0.328 e. The van der Waals surface area contributed by atoms with Crippen LogP contribution in [0.5, 0.6) is 11.5 Å². The number of aromatic hydroxyl groups is 1. The quantitative estimate of drug-likeness (QED) is 0.0314. The minimum absolute atomic E-state index is 0.000704. The minimum atomic E-state index is -1.02. The molecule has 7 N–H and O–H groups in total. The van der Waals surface area contributed by atoms with Crippen LogP contribution < -0.4 is 26.8 Å². The fourth-order valence-electron chi connectivity index (χ4n) is 7.31. The fourth-order valence-corrected chi connectivity index (χ4v) is 7.31. The monoisotopic (exact) mass is 970 g/mol. The van der Waals surface area contributed by atoms with Crippen LogP contribution in [0.1, 0.15) is 102 Å². The molecular formula is C54H59FN6O10. The number of anilines is 2. The van der Waals surface area contributed by atoms with E-state index < -0.39 is 66.6 Å². The number of aromatic nitrogens is 2. The number of amides is 2. The minimum Gasteiger partial charge on any atom is -0.504 e. The molecule has 4 aromatic carbocycles. The van der Waals surface area contributed by atoms with E-state index in [2.05, 4.69) is 20.6 Å². The van der Waals surface area contributed by atoms with E-state index in [1.54, 1.807) is 32.9 Å². The van der Waals surface area contributed by atoms with Gasteiger partial charge in [-0.3, -0.25) is 14.4 Å². The van der Waals surface area contributed by atoms with Crippen LogP contribution in [0, 0.1) is 18.7 Å².